The lowest BCUT2D eigenvalue weighted by atomic mass is 10.1. The van der Waals surface area contributed by atoms with E-state index in [9.17, 15) is 8.78 Å². The average molecular weight is 310 g/mol. The van der Waals surface area contributed by atoms with Gasteiger partial charge in [-0.15, -0.1) is 0 Å². The molecule has 0 spiro atoms. The van der Waals surface area contributed by atoms with E-state index in [0.29, 0.717) is 6.42 Å². The number of rotatable bonds is 4. The molecule has 0 bridgehead atoms. The number of unbranched alkanes of at least 4 members (excludes halogenated alkanes) is 1. The molecule has 0 aliphatic rings. The minimum Gasteiger partial charge on any atom is -0.209 e. The molecular formula is C21H20F2. The van der Waals surface area contributed by atoms with Crippen LogP contribution in [0.15, 0.2) is 54.4 Å². The Hall–Kier alpha value is -2.40. The molecule has 0 radical (unpaired) electrons. The first kappa shape index (κ1) is 17.0. The largest absolute Gasteiger partial charge is 0.209 e. The van der Waals surface area contributed by atoms with Crippen molar-refractivity contribution in [3.63, 3.8) is 0 Å². The summed E-state index contributed by atoms with van der Waals surface area (Å²) in [4.78, 5) is 0. The van der Waals surface area contributed by atoms with Gasteiger partial charge in [-0.2, -0.15) is 0 Å². The summed E-state index contributed by atoms with van der Waals surface area (Å²) in [6.45, 7) is 3.98. The van der Waals surface area contributed by atoms with Crippen molar-refractivity contribution < 1.29 is 8.78 Å². The van der Waals surface area contributed by atoms with E-state index >= 15 is 0 Å². The summed E-state index contributed by atoms with van der Waals surface area (Å²) in [5.41, 5.74) is 3.15. The highest BCUT2D eigenvalue weighted by Crippen LogP contribution is 2.24. The fourth-order valence-electron chi connectivity index (χ4n) is 2.08. The molecule has 0 atom stereocenters. The summed E-state index contributed by atoms with van der Waals surface area (Å²) in [5, 5.41) is 0. The molecular weight excluding hydrogens is 290 g/mol. The van der Waals surface area contributed by atoms with Gasteiger partial charge >= 0.3 is 0 Å². The maximum Gasteiger partial charge on any atom is 0.161 e. The number of hydrogen-bond donors (Lipinski definition) is 0. The molecule has 0 unspecified atom stereocenters. The van der Waals surface area contributed by atoms with Crippen molar-refractivity contribution in [1.29, 1.82) is 0 Å². The van der Waals surface area contributed by atoms with E-state index in [-0.39, 0.29) is 12.0 Å². The van der Waals surface area contributed by atoms with Gasteiger partial charge in [0.15, 0.2) is 5.83 Å². The quantitative estimate of drug-likeness (QED) is 0.590. The van der Waals surface area contributed by atoms with Crippen LogP contribution >= 0.6 is 0 Å². The number of aryl methyl sites for hydroxylation is 1. The lowest BCUT2D eigenvalue weighted by Crippen LogP contribution is -1.85. The third kappa shape index (κ3) is 5.07. The molecule has 0 nitrogen and oxygen atoms in total. The zero-order chi connectivity index (χ0) is 16.7. The van der Waals surface area contributed by atoms with Crippen molar-refractivity contribution in [2.75, 3.05) is 0 Å². The van der Waals surface area contributed by atoms with Crippen molar-refractivity contribution in [1.82, 2.24) is 0 Å². The van der Waals surface area contributed by atoms with E-state index in [2.05, 4.69) is 11.8 Å². The predicted octanol–water partition coefficient (Wildman–Crippen LogP) is 6.19. The molecule has 0 saturated heterocycles. The third-order valence-corrected chi connectivity index (χ3v) is 3.53. The van der Waals surface area contributed by atoms with Crippen LogP contribution in [-0.2, 0) is 0 Å². The minimum absolute atomic E-state index is 0.150. The highest BCUT2D eigenvalue weighted by Gasteiger charge is 2.08. The maximum absolute atomic E-state index is 13.9. The normalized spacial score (nSPS) is 11.5. The van der Waals surface area contributed by atoms with Crippen LogP contribution in [-0.4, -0.2) is 0 Å². The van der Waals surface area contributed by atoms with Gasteiger partial charge in [0, 0.05) is 23.1 Å². The summed E-state index contributed by atoms with van der Waals surface area (Å²) in [5.74, 6) is 4.64. The molecule has 0 fully saturated rings. The fraction of sp³-hybridized carbons (Fsp3) is 0.238. The van der Waals surface area contributed by atoms with Crippen molar-refractivity contribution in [3.8, 4) is 11.8 Å². The molecule has 0 amide bonds. The molecule has 2 rings (SSSR count). The third-order valence-electron chi connectivity index (χ3n) is 3.53. The summed E-state index contributed by atoms with van der Waals surface area (Å²) in [6, 6.07) is 14.5. The Balaban J connectivity index is 2.12. The van der Waals surface area contributed by atoms with Crippen LogP contribution in [0.25, 0.3) is 5.83 Å². The Bertz CT molecular complexity index is 726. The van der Waals surface area contributed by atoms with Gasteiger partial charge in [0.05, 0.1) is 0 Å². The SMILES string of the molecule is CCCC/C(F)=C(\F)c1ccc(C#Cc2ccc(C)cc2)cc1. The first-order valence-electron chi connectivity index (χ1n) is 7.83. The Morgan fingerprint density at radius 1 is 0.870 bits per heavy atom. The highest BCUT2D eigenvalue weighted by molar-refractivity contribution is 5.62. The van der Waals surface area contributed by atoms with E-state index < -0.39 is 11.7 Å². The Morgan fingerprint density at radius 2 is 1.39 bits per heavy atom. The smallest absolute Gasteiger partial charge is 0.161 e. The fourth-order valence-corrected chi connectivity index (χ4v) is 2.08. The van der Waals surface area contributed by atoms with Crippen LogP contribution < -0.4 is 0 Å². The molecule has 23 heavy (non-hydrogen) atoms. The average Bonchev–Trinajstić information content (AvgIpc) is 2.59. The second-order valence-corrected chi connectivity index (χ2v) is 5.52. The Labute approximate surface area is 136 Å². The van der Waals surface area contributed by atoms with Crippen molar-refractivity contribution >= 4 is 5.83 Å². The van der Waals surface area contributed by atoms with Crippen LogP contribution in [0, 0.1) is 18.8 Å². The topological polar surface area (TPSA) is 0 Å². The van der Waals surface area contributed by atoms with Gasteiger partial charge < -0.3 is 0 Å². The monoisotopic (exact) mass is 310 g/mol. The van der Waals surface area contributed by atoms with Crippen molar-refractivity contribution in [3.05, 3.63) is 76.6 Å². The predicted molar refractivity (Wildman–Crippen MR) is 92.3 cm³/mol. The van der Waals surface area contributed by atoms with Crippen LogP contribution in [0.1, 0.15) is 48.4 Å². The van der Waals surface area contributed by atoms with Gasteiger partial charge in [0.1, 0.15) is 5.83 Å². The number of halogens is 2. The van der Waals surface area contributed by atoms with Crippen LogP contribution in [0.2, 0.25) is 0 Å². The summed E-state index contributed by atoms with van der Waals surface area (Å²) in [6.07, 6.45) is 1.64. The van der Waals surface area contributed by atoms with Crippen molar-refractivity contribution in [2.24, 2.45) is 0 Å². The van der Waals surface area contributed by atoms with Crippen LogP contribution in [0.5, 0.6) is 0 Å². The summed E-state index contributed by atoms with van der Waals surface area (Å²) < 4.78 is 27.6. The zero-order valence-electron chi connectivity index (χ0n) is 13.5. The van der Waals surface area contributed by atoms with E-state index in [0.717, 1.165) is 17.5 Å². The van der Waals surface area contributed by atoms with Gasteiger partial charge in [-0.05, 0) is 37.6 Å². The molecule has 0 aliphatic heterocycles. The molecule has 0 saturated carbocycles. The molecule has 118 valence electrons. The standard InChI is InChI=1S/C21H20F2/c1-3-4-5-20(22)21(23)19-14-12-18(13-15-19)11-10-17-8-6-16(2)7-9-17/h6-9,12-15H,3-5H2,1-2H3/b21-20+. The molecule has 0 aromatic heterocycles. The van der Waals surface area contributed by atoms with E-state index in [1.807, 2.05) is 38.1 Å². The molecule has 0 heterocycles. The van der Waals surface area contributed by atoms with Gasteiger partial charge in [-0.25, -0.2) is 8.78 Å². The van der Waals surface area contributed by atoms with Gasteiger partial charge in [0.25, 0.3) is 0 Å². The van der Waals surface area contributed by atoms with Gasteiger partial charge in [0.2, 0.25) is 0 Å². The lowest BCUT2D eigenvalue weighted by Gasteiger charge is -2.01. The maximum atomic E-state index is 13.9. The van der Waals surface area contributed by atoms with Crippen LogP contribution in [0.4, 0.5) is 8.78 Å². The lowest BCUT2D eigenvalue weighted by molar-refractivity contribution is 0.548. The second kappa shape index (κ2) is 8.29. The second-order valence-electron chi connectivity index (χ2n) is 5.52. The molecule has 2 heteroatoms. The van der Waals surface area contributed by atoms with E-state index in [4.69, 9.17) is 0 Å². The molecule has 2 aromatic rings. The van der Waals surface area contributed by atoms with Gasteiger partial charge in [-0.3, -0.25) is 0 Å². The highest BCUT2D eigenvalue weighted by atomic mass is 19.2. The first-order chi connectivity index (χ1) is 11.1. The zero-order valence-corrected chi connectivity index (χ0v) is 13.5. The molecule has 0 N–H and O–H groups in total. The summed E-state index contributed by atoms with van der Waals surface area (Å²) in [7, 11) is 0. The van der Waals surface area contributed by atoms with Gasteiger partial charge in [-0.1, -0.05) is 55.0 Å². The summed E-state index contributed by atoms with van der Waals surface area (Å²) >= 11 is 0. The molecule has 2 aromatic carbocycles. The first-order valence-corrected chi connectivity index (χ1v) is 7.83. The van der Waals surface area contributed by atoms with Crippen LogP contribution in [0.3, 0.4) is 0 Å². The number of benzene rings is 2. The molecule has 0 aliphatic carbocycles. The Morgan fingerprint density at radius 3 is 1.91 bits per heavy atom. The Kier molecular flexibility index (Phi) is 6.11. The number of hydrogen-bond acceptors (Lipinski definition) is 0. The number of allylic oxidation sites excluding steroid dienone is 1. The van der Waals surface area contributed by atoms with E-state index in [1.165, 1.54) is 5.56 Å². The minimum atomic E-state index is -0.767. The van der Waals surface area contributed by atoms with E-state index in [1.54, 1.807) is 24.3 Å². The van der Waals surface area contributed by atoms with Crippen molar-refractivity contribution in [2.45, 2.75) is 33.1 Å².